The Labute approximate surface area is 103 Å². The van der Waals surface area contributed by atoms with Gasteiger partial charge in [-0.2, -0.15) is 0 Å². The van der Waals surface area contributed by atoms with Crippen LogP contribution in [0.15, 0.2) is 11.6 Å². The Bertz CT molecular complexity index is 350. The second-order valence-corrected chi connectivity index (χ2v) is 6.30. The predicted molar refractivity (Wildman–Crippen MR) is 66.5 cm³/mol. The molecule has 0 heterocycles. The van der Waals surface area contributed by atoms with Crippen LogP contribution in [-0.2, 0) is 9.53 Å². The molecule has 2 nitrogen and oxygen atoms in total. The van der Waals surface area contributed by atoms with Gasteiger partial charge in [0, 0.05) is 0 Å². The van der Waals surface area contributed by atoms with E-state index in [9.17, 15) is 4.79 Å². The number of ether oxygens (including phenoxy) is 1. The lowest BCUT2D eigenvalue weighted by Gasteiger charge is -2.34. The first kappa shape index (κ1) is 11.3. The van der Waals surface area contributed by atoms with E-state index < -0.39 is 0 Å². The quantitative estimate of drug-likeness (QED) is 0.539. The van der Waals surface area contributed by atoms with E-state index in [4.69, 9.17) is 4.74 Å². The first-order valence-electron chi connectivity index (χ1n) is 7.07. The number of allylic oxidation sites excluding steroid dienone is 2. The van der Waals surface area contributed by atoms with Crippen LogP contribution in [0.4, 0.5) is 0 Å². The van der Waals surface area contributed by atoms with E-state index in [1.165, 1.54) is 24.8 Å². The van der Waals surface area contributed by atoms with E-state index in [-0.39, 0.29) is 17.5 Å². The number of fused-ring (bicyclic) bond motifs is 2. The van der Waals surface area contributed by atoms with Crippen molar-refractivity contribution in [2.24, 2.45) is 11.8 Å². The summed E-state index contributed by atoms with van der Waals surface area (Å²) in [6, 6.07) is 0. The van der Waals surface area contributed by atoms with E-state index in [1.54, 1.807) is 0 Å². The molecule has 17 heavy (non-hydrogen) atoms. The lowest BCUT2D eigenvalue weighted by atomic mass is 9.85. The van der Waals surface area contributed by atoms with Crippen LogP contribution >= 0.6 is 0 Å². The summed E-state index contributed by atoms with van der Waals surface area (Å²) in [5.74, 6) is 0.820. The van der Waals surface area contributed by atoms with E-state index in [2.05, 4.69) is 13.0 Å². The standard InChI is InChI=1S/C15H22O2/c1-15(7-3-2-4-8-15)17-14(16)13-10-11-5-6-12(13)9-11/h5,12-13H,2-4,6-10H2,1H3. The van der Waals surface area contributed by atoms with Crippen molar-refractivity contribution in [2.75, 3.05) is 0 Å². The summed E-state index contributed by atoms with van der Waals surface area (Å²) >= 11 is 0. The molecule has 2 saturated carbocycles. The van der Waals surface area contributed by atoms with E-state index in [0.29, 0.717) is 5.92 Å². The van der Waals surface area contributed by atoms with Crippen molar-refractivity contribution in [2.45, 2.75) is 63.9 Å². The predicted octanol–water partition coefficient (Wildman–Crippen LogP) is 3.61. The maximum atomic E-state index is 12.3. The van der Waals surface area contributed by atoms with Gasteiger partial charge in [-0.3, -0.25) is 4.79 Å². The van der Waals surface area contributed by atoms with Gasteiger partial charge in [-0.05, 0) is 57.8 Å². The molecule has 0 aliphatic heterocycles. The molecular formula is C15H22O2. The van der Waals surface area contributed by atoms with Crippen LogP contribution in [0, 0.1) is 11.8 Å². The van der Waals surface area contributed by atoms with Gasteiger partial charge in [0.05, 0.1) is 5.92 Å². The van der Waals surface area contributed by atoms with Gasteiger partial charge >= 0.3 is 5.97 Å². The van der Waals surface area contributed by atoms with Crippen molar-refractivity contribution >= 4 is 5.97 Å². The fourth-order valence-corrected chi connectivity index (χ4v) is 3.74. The molecule has 2 fully saturated rings. The number of carbonyl (C=O) groups is 1. The topological polar surface area (TPSA) is 26.3 Å². The minimum Gasteiger partial charge on any atom is -0.459 e. The Hall–Kier alpha value is -0.790. The van der Waals surface area contributed by atoms with Crippen LogP contribution in [0.5, 0.6) is 0 Å². The largest absolute Gasteiger partial charge is 0.459 e. The van der Waals surface area contributed by atoms with Crippen LogP contribution in [0.25, 0.3) is 0 Å². The van der Waals surface area contributed by atoms with Crippen molar-refractivity contribution in [1.82, 2.24) is 0 Å². The molecule has 3 rings (SSSR count). The van der Waals surface area contributed by atoms with Gasteiger partial charge in [0.25, 0.3) is 0 Å². The number of hydrogen-bond acceptors (Lipinski definition) is 2. The van der Waals surface area contributed by atoms with Gasteiger partial charge in [-0.25, -0.2) is 0 Å². The molecule has 0 aromatic carbocycles. The third-order valence-electron chi connectivity index (χ3n) is 4.85. The highest BCUT2D eigenvalue weighted by molar-refractivity contribution is 5.75. The number of carbonyl (C=O) groups excluding carboxylic acids is 1. The molecular weight excluding hydrogens is 212 g/mol. The van der Waals surface area contributed by atoms with E-state index in [1.807, 2.05) is 0 Å². The van der Waals surface area contributed by atoms with Gasteiger partial charge in [-0.15, -0.1) is 0 Å². The molecule has 0 spiro atoms. The molecule has 3 aliphatic carbocycles. The summed E-state index contributed by atoms with van der Waals surface area (Å²) in [6.45, 7) is 2.12. The smallest absolute Gasteiger partial charge is 0.310 e. The van der Waals surface area contributed by atoms with Crippen LogP contribution in [0.3, 0.4) is 0 Å². The van der Waals surface area contributed by atoms with Crippen molar-refractivity contribution in [3.8, 4) is 0 Å². The zero-order chi connectivity index (χ0) is 11.9. The summed E-state index contributed by atoms with van der Waals surface area (Å²) in [6.07, 6.45) is 11.4. The highest BCUT2D eigenvalue weighted by Crippen LogP contribution is 2.45. The van der Waals surface area contributed by atoms with Gasteiger partial charge in [0.1, 0.15) is 5.60 Å². The van der Waals surface area contributed by atoms with Crippen molar-refractivity contribution in [3.05, 3.63) is 11.6 Å². The highest BCUT2D eigenvalue weighted by atomic mass is 16.6. The Morgan fingerprint density at radius 3 is 2.65 bits per heavy atom. The van der Waals surface area contributed by atoms with Crippen molar-refractivity contribution in [1.29, 1.82) is 0 Å². The fraction of sp³-hybridized carbons (Fsp3) is 0.800. The maximum absolute atomic E-state index is 12.3. The van der Waals surface area contributed by atoms with Crippen LogP contribution in [0.1, 0.15) is 58.3 Å². The normalized spacial score (nSPS) is 34.5. The zero-order valence-electron chi connectivity index (χ0n) is 10.7. The van der Waals surface area contributed by atoms with Crippen LogP contribution in [-0.4, -0.2) is 11.6 Å². The first-order chi connectivity index (χ1) is 8.16. The lowest BCUT2D eigenvalue weighted by molar-refractivity contribution is -0.167. The van der Waals surface area contributed by atoms with Crippen molar-refractivity contribution in [3.63, 3.8) is 0 Å². The monoisotopic (exact) mass is 234 g/mol. The van der Waals surface area contributed by atoms with Gasteiger partial charge in [0.15, 0.2) is 0 Å². The molecule has 0 aromatic heterocycles. The SMILES string of the molecule is CC1(OC(=O)C2CC3=CCC2C3)CCCCC1. The highest BCUT2D eigenvalue weighted by Gasteiger charge is 2.42. The number of esters is 1. The summed E-state index contributed by atoms with van der Waals surface area (Å²) in [4.78, 5) is 12.3. The molecule has 2 bridgehead atoms. The van der Waals surface area contributed by atoms with E-state index in [0.717, 1.165) is 32.1 Å². The maximum Gasteiger partial charge on any atom is 0.310 e. The molecule has 2 heteroatoms. The first-order valence-corrected chi connectivity index (χ1v) is 7.07. The molecule has 94 valence electrons. The molecule has 0 saturated heterocycles. The summed E-state index contributed by atoms with van der Waals surface area (Å²) < 4.78 is 5.85. The average Bonchev–Trinajstić information content (AvgIpc) is 2.91. The number of rotatable bonds is 2. The Balaban J connectivity index is 1.61. The molecule has 2 atom stereocenters. The fourth-order valence-electron chi connectivity index (χ4n) is 3.74. The number of hydrogen-bond donors (Lipinski definition) is 0. The van der Waals surface area contributed by atoms with Gasteiger partial charge in [0.2, 0.25) is 0 Å². The Kier molecular flexibility index (Phi) is 2.76. The molecule has 0 aromatic rings. The Morgan fingerprint density at radius 1 is 1.29 bits per heavy atom. The van der Waals surface area contributed by atoms with Gasteiger partial charge < -0.3 is 4.74 Å². The summed E-state index contributed by atoms with van der Waals surface area (Å²) in [7, 11) is 0. The third kappa shape index (κ3) is 2.14. The third-order valence-corrected chi connectivity index (χ3v) is 4.85. The Morgan fingerprint density at radius 2 is 2.06 bits per heavy atom. The molecule has 0 amide bonds. The average molecular weight is 234 g/mol. The molecule has 0 radical (unpaired) electrons. The van der Waals surface area contributed by atoms with Crippen molar-refractivity contribution < 1.29 is 9.53 Å². The summed E-state index contributed by atoms with van der Waals surface area (Å²) in [5, 5.41) is 0. The van der Waals surface area contributed by atoms with Gasteiger partial charge in [-0.1, -0.05) is 18.1 Å². The lowest BCUT2D eigenvalue weighted by Crippen LogP contribution is -2.37. The molecule has 2 unspecified atom stereocenters. The minimum absolute atomic E-state index is 0.0856. The summed E-state index contributed by atoms with van der Waals surface area (Å²) in [5.41, 5.74) is 1.33. The van der Waals surface area contributed by atoms with E-state index >= 15 is 0 Å². The second kappa shape index (κ2) is 4.15. The van der Waals surface area contributed by atoms with Crippen LogP contribution in [0.2, 0.25) is 0 Å². The second-order valence-electron chi connectivity index (χ2n) is 6.30. The molecule has 3 aliphatic rings. The minimum atomic E-state index is -0.161. The zero-order valence-corrected chi connectivity index (χ0v) is 10.7. The van der Waals surface area contributed by atoms with Crippen LogP contribution < -0.4 is 0 Å². The molecule has 0 N–H and O–H groups in total.